The molecule has 28 heavy (non-hydrogen) atoms. The van der Waals surface area contributed by atoms with Crippen LogP contribution in [0.15, 0.2) is 42.5 Å². The molecule has 0 saturated heterocycles. The zero-order chi connectivity index (χ0) is 20.1. The van der Waals surface area contributed by atoms with Gasteiger partial charge in [0.2, 0.25) is 0 Å². The minimum Gasteiger partial charge on any atom is -0.377 e. The number of halogens is 1. The fourth-order valence-corrected chi connectivity index (χ4v) is 3.50. The molecule has 0 atom stereocenters. The van der Waals surface area contributed by atoms with E-state index in [4.69, 9.17) is 0 Å². The Kier molecular flexibility index (Phi) is 6.29. The van der Waals surface area contributed by atoms with Crippen molar-refractivity contribution in [3.8, 4) is 0 Å². The van der Waals surface area contributed by atoms with Crippen LogP contribution in [-0.2, 0) is 0 Å². The Hall–Kier alpha value is -2.89. The van der Waals surface area contributed by atoms with E-state index in [2.05, 4.69) is 10.6 Å². The molecule has 0 spiro atoms. The molecule has 0 bridgehead atoms. The largest absolute Gasteiger partial charge is 0.377 e. The summed E-state index contributed by atoms with van der Waals surface area (Å²) in [6, 6.07) is 10.8. The molecule has 6 heteroatoms. The van der Waals surface area contributed by atoms with E-state index in [0.29, 0.717) is 16.8 Å². The summed E-state index contributed by atoms with van der Waals surface area (Å²) in [7, 11) is 3.76. The first kappa shape index (κ1) is 19.9. The van der Waals surface area contributed by atoms with Gasteiger partial charge in [-0.2, -0.15) is 0 Å². The number of benzene rings is 2. The third-order valence-electron chi connectivity index (χ3n) is 5.03. The van der Waals surface area contributed by atoms with Crippen molar-refractivity contribution in [1.29, 1.82) is 0 Å². The summed E-state index contributed by atoms with van der Waals surface area (Å²) in [5.41, 5.74) is 2.18. The molecule has 1 aliphatic carbocycles. The number of carbonyl (C=O) groups is 2. The highest BCUT2D eigenvalue weighted by Gasteiger charge is 2.20. The van der Waals surface area contributed by atoms with E-state index in [1.807, 2.05) is 25.1 Å². The van der Waals surface area contributed by atoms with E-state index in [0.717, 1.165) is 31.4 Å². The van der Waals surface area contributed by atoms with Crippen LogP contribution in [0.2, 0.25) is 0 Å². The number of hydrogen-bond acceptors (Lipinski definition) is 3. The van der Waals surface area contributed by atoms with Gasteiger partial charge in [-0.1, -0.05) is 19.3 Å². The Morgan fingerprint density at radius 2 is 1.64 bits per heavy atom. The molecule has 148 valence electrons. The lowest BCUT2D eigenvalue weighted by molar-refractivity contribution is 0.0927. The van der Waals surface area contributed by atoms with Gasteiger partial charge in [0.1, 0.15) is 5.82 Å². The number of carbonyl (C=O) groups excluding carboxylic acids is 2. The van der Waals surface area contributed by atoms with E-state index >= 15 is 0 Å². The number of anilines is 2. The average molecular weight is 383 g/mol. The van der Waals surface area contributed by atoms with Gasteiger partial charge >= 0.3 is 0 Å². The summed E-state index contributed by atoms with van der Waals surface area (Å²) in [6.45, 7) is 0. The molecule has 1 aliphatic rings. The lowest BCUT2D eigenvalue weighted by atomic mass is 9.95. The smallest absolute Gasteiger partial charge is 0.255 e. The molecule has 0 aromatic heterocycles. The molecule has 0 radical (unpaired) electrons. The average Bonchev–Trinajstić information content (AvgIpc) is 2.69. The van der Waals surface area contributed by atoms with Gasteiger partial charge < -0.3 is 15.5 Å². The summed E-state index contributed by atoms with van der Waals surface area (Å²) in [5.74, 6) is -0.877. The maximum atomic E-state index is 13.1. The zero-order valence-electron chi connectivity index (χ0n) is 16.3. The SMILES string of the molecule is CN(C)c1ccc(NC(=O)c2ccc(F)cc2)cc1C(=O)NC1CCCCC1. The van der Waals surface area contributed by atoms with Crippen LogP contribution in [-0.4, -0.2) is 32.0 Å². The van der Waals surface area contributed by atoms with Crippen LogP contribution in [0.4, 0.5) is 15.8 Å². The second-order valence-corrected chi connectivity index (χ2v) is 7.40. The highest BCUT2D eigenvalue weighted by atomic mass is 19.1. The van der Waals surface area contributed by atoms with Crippen molar-refractivity contribution >= 4 is 23.2 Å². The first-order chi connectivity index (χ1) is 13.4. The molecule has 2 aromatic rings. The van der Waals surface area contributed by atoms with Crippen LogP contribution in [0.3, 0.4) is 0 Å². The molecular weight excluding hydrogens is 357 g/mol. The van der Waals surface area contributed by atoms with Crippen LogP contribution < -0.4 is 15.5 Å². The van der Waals surface area contributed by atoms with E-state index in [1.165, 1.54) is 30.7 Å². The number of rotatable bonds is 5. The van der Waals surface area contributed by atoms with Gasteiger partial charge in [-0.05, 0) is 55.3 Å². The molecule has 2 N–H and O–H groups in total. The molecule has 1 fully saturated rings. The van der Waals surface area contributed by atoms with E-state index in [1.54, 1.807) is 12.1 Å². The van der Waals surface area contributed by atoms with Crippen molar-refractivity contribution in [1.82, 2.24) is 5.32 Å². The number of nitrogens with zero attached hydrogens (tertiary/aromatic N) is 1. The Balaban J connectivity index is 1.79. The molecular formula is C22H26FN3O2. The molecule has 1 saturated carbocycles. The molecule has 2 aromatic carbocycles. The van der Waals surface area contributed by atoms with E-state index < -0.39 is 5.82 Å². The number of hydrogen-bond donors (Lipinski definition) is 2. The maximum absolute atomic E-state index is 13.1. The number of amides is 2. The van der Waals surface area contributed by atoms with Crippen molar-refractivity contribution in [2.75, 3.05) is 24.3 Å². The lowest BCUT2D eigenvalue weighted by Gasteiger charge is -2.24. The first-order valence-electron chi connectivity index (χ1n) is 9.63. The zero-order valence-corrected chi connectivity index (χ0v) is 16.3. The second-order valence-electron chi connectivity index (χ2n) is 7.40. The van der Waals surface area contributed by atoms with Gasteiger partial charge in [0.25, 0.3) is 11.8 Å². The van der Waals surface area contributed by atoms with Gasteiger partial charge in [-0.25, -0.2) is 4.39 Å². The maximum Gasteiger partial charge on any atom is 0.255 e. The van der Waals surface area contributed by atoms with Crippen molar-refractivity contribution in [2.24, 2.45) is 0 Å². The topological polar surface area (TPSA) is 61.4 Å². The monoisotopic (exact) mass is 383 g/mol. The fourth-order valence-electron chi connectivity index (χ4n) is 3.50. The minimum absolute atomic E-state index is 0.131. The molecule has 3 rings (SSSR count). The van der Waals surface area contributed by atoms with Gasteiger partial charge in [0, 0.05) is 37.1 Å². The van der Waals surface area contributed by atoms with Crippen LogP contribution in [0, 0.1) is 5.82 Å². The quantitative estimate of drug-likeness (QED) is 0.813. The third kappa shape index (κ3) is 4.88. The first-order valence-corrected chi connectivity index (χ1v) is 9.63. The van der Waals surface area contributed by atoms with Gasteiger partial charge in [-0.15, -0.1) is 0 Å². The van der Waals surface area contributed by atoms with Gasteiger partial charge in [0.05, 0.1) is 5.56 Å². The Labute approximate surface area is 164 Å². The van der Waals surface area contributed by atoms with Crippen LogP contribution in [0.25, 0.3) is 0 Å². The predicted molar refractivity (Wildman–Crippen MR) is 109 cm³/mol. The molecule has 2 amide bonds. The van der Waals surface area contributed by atoms with Gasteiger partial charge in [-0.3, -0.25) is 9.59 Å². The van der Waals surface area contributed by atoms with Crippen LogP contribution in [0.1, 0.15) is 52.8 Å². The summed E-state index contributed by atoms with van der Waals surface area (Å²) in [6.07, 6.45) is 5.51. The summed E-state index contributed by atoms with van der Waals surface area (Å²) < 4.78 is 13.1. The lowest BCUT2D eigenvalue weighted by Crippen LogP contribution is -2.36. The highest BCUT2D eigenvalue weighted by Crippen LogP contribution is 2.25. The fraction of sp³-hybridized carbons (Fsp3) is 0.364. The minimum atomic E-state index is -0.395. The van der Waals surface area contributed by atoms with E-state index in [9.17, 15) is 14.0 Å². The molecule has 0 aliphatic heterocycles. The highest BCUT2D eigenvalue weighted by molar-refractivity contribution is 6.06. The summed E-state index contributed by atoms with van der Waals surface area (Å²) >= 11 is 0. The van der Waals surface area contributed by atoms with Gasteiger partial charge in [0.15, 0.2) is 0 Å². The van der Waals surface area contributed by atoms with E-state index in [-0.39, 0.29) is 17.9 Å². The molecule has 0 heterocycles. The summed E-state index contributed by atoms with van der Waals surface area (Å²) in [5, 5.41) is 5.91. The van der Waals surface area contributed by atoms with Crippen molar-refractivity contribution in [3.63, 3.8) is 0 Å². The molecule has 5 nitrogen and oxygen atoms in total. The third-order valence-corrected chi connectivity index (χ3v) is 5.03. The Morgan fingerprint density at radius 3 is 2.29 bits per heavy atom. The predicted octanol–water partition coefficient (Wildman–Crippen LogP) is 4.21. The van der Waals surface area contributed by atoms with Crippen molar-refractivity contribution < 1.29 is 14.0 Å². The standard InChI is InChI=1S/C22H26FN3O2/c1-26(2)20-13-12-18(25-21(27)15-8-10-16(23)11-9-15)14-19(20)22(28)24-17-6-4-3-5-7-17/h8-14,17H,3-7H2,1-2H3,(H,24,28)(H,25,27). The second kappa shape index (κ2) is 8.87. The van der Waals surface area contributed by atoms with Crippen LogP contribution in [0.5, 0.6) is 0 Å². The summed E-state index contributed by atoms with van der Waals surface area (Å²) in [4.78, 5) is 27.2. The Morgan fingerprint density at radius 1 is 0.964 bits per heavy atom. The van der Waals surface area contributed by atoms with Crippen molar-refractivity contribution in [3.05, 3.63) is 59.4 Å². The Bertz CT molecular complexity index is 843. The van der Waals surface area contributed by atoms with Crippen LogP contribution >= 0.6 is 0 Å². The molecule has 0 unspecified atom stereocenters. The van der Waals surface area contributed by atoms with Crippen molar-refractivity contribution in [2.45, 2.75) is 38.1 Å². The number of nitrogens with one attached hydrogen (secondary N) is 2. The normalized spacial score (nSPS) is 14.4.